The molecule has 1 aliphatic heterocycles. The van der Waals surface area contributed by atoms with Crippen LogP contribution in [0.5, 0.6) is 0 Å². The van der Waals surface area contributed by atoms with Gasteiger partial charge in [0.25, 0.3) is 17.7 Å². The average molecular weight is 965 g/mol. The van der Waals surface area contributed by atoms with Crippen molar-refractivity contribution in [2.45, 2.75) is 103 Å². The Balaban J connectivity index is 1.20. The van der Waals surface area contributed by atoms with Crippen molar-refractivity contribution in [2.75, 3.05) is 39.0 Å². The highest BCUT2D eigenvalue weighted by Gasteiger charge is 2.40. The number of hydrogen-bond donors (Lipinski definition) is 6. The number of carbonyl (C=O) groups is 8. The lowest BCUT2D eigenvalue weighted by atomic mass is 9.76. The summed E-state index contributed by atoms with van der Waals surface area (Å²) in [6, 6.07) is 23.6. The summed E-state index contributed by atoms with van der Waals surface area (Å²) in [4.78, 5) is 106. The summed E-state index contributed by atoms with van der Waals surface area (Å²) in [5.74, 6) is -2.47. The third-order valence-electron chi connectivity index (χ3n) is 11.8. The lowest BCUT2D eigenvalue weighted by molar-refractivity contribution is -0.139. The van der Waals surface area contributed by atoms with Crippen molar-refractivity contribution in [3.05, 3.63) is 125 Å². The normalized spacial score (nSPS) is 14.1. The topological polar surface area (TPSA) is 215 Å². The first kappa shape index (κ1) is 55.0. The van der Waals surface area contributed by atoms with Gasteiger partial charge < -0.3 is 31.5 Å². The van der Waals surface area contributed by atoms with Crippen LogP contribution >= 0.6 is 11.9 Å². The molecule has 17 heteroatoms. The van der Waals surface area contributed by atoms with Crippen LogP contribution < -0.4 is 31.3 Å². The maximum absolute atomic E-state index is 13.8. The van der Waals surface area contributed by atoms with Crippen LogP contribution in [-0.2, 0) is 55.9 Å². The summed E-state index contributed by atoms with van der Waals surface area (Å²) in [6.45, 7) is 11.4. The number of amides is 8. The number of anilines is 1. The van der Waals surface area contributed by atoms with E-state index in [9.17, 15) is 38.4 Å². The van der Waals surface area contributed by atoms with Crippen LogP contribution in [0.2, 0.25) is 0 Å². The van der Waals surface area contributed by atoms with Crippen molar-refractivity contribution in [3.63, 3.8) is 0 Å². The third-order valence-corrected chi connectivity index (χ3v) is 12.6. The van der Waals surface area contributed by atoms with Gasteiger partial charge in [0.1, 0.15) is 12.1 Å². The Labute approximate surface area is 410 Å². The molecule has 8 amide bonds. The smallest absolute Gasteiger partial charge is 0.256 e. The summed E-state index contributed by atoms with van der Waals surface area (Å²) < 4.78 is 2.82. The first-order valence-corrected chi connectivity index (χ1v) is 24.1. The first-order chi connectivity index (χ1) is 32.7. The minimum absolute atomic E-state index is 0.147. The second kappa shape index (κ2) is 26.2. The Kier molecular flexibility index (Phi) is 20.9. The highest BCUT2D eigenvalue weighted by Crippen LogP contribution is 2.28. The molecule has 69 heavy (non-hydrogen) atoms. The van der Waals surface area contributed by atoms with Gasteiger partial charge in [-0.15, -0.1) is 0 Å². The molecule has 3 unspecified atom stereocenters. The predicted molar refractivity (Wildman–Crippen MR) is 269 cm³/mol. The molecule has 1 aliphatic rings. The van der Waals surface area contributed by atoms with Gasteiger partial charge >= 0.3 is 0 Å². The molecule has 4 rings (SSSR count). The van der Waals surface area contributed by atoms with Gasteiger partial charge in [0.15, 0.2) is 0 Å². The zero-order chi connectivity index (χ0) is 50.7. The molecule has 370 valence electrons. The van der Waals surface area contributed by atoms with Crippen molar-refractivity contribution < 1.29 is 38.4 Å². The Hall–Kier alpha value is -6.59. The van der Waals surface area contributed by atoms with E-state index < -0.39 is 40.8 Å². The maximum Gasteiger partial charge on any atom is 0.256 e. The summed E-state index contributed by atoms with van der Waals surface area (Å²) in [7, 11) is 3.37. The molecule has 6 N–H and O–H groups in total. The minimum Gasteiger partial charge on any atom is -0.345 e. The number of nitrogens with zero attached hydrogens (tertiary/aromatic N) is 2. The van der Waals surface area contributed by atoms with E-state index in [1.54, 1.807) is 51.4 Å². The second-order valence-corrected chi connectivity index (χ2v) is 19.5. The average Bonchev–Trinajstić information content (AvgIpc) is 3.64. The monoisotopic (exact) mass is 964 g/mol. The lowest BCUT2D eigenvalue weighted by Gasteiger charge is -2.38. The highest BCUT2D eigenvalue weighted by molar-refractivity contribution is 7.97. The van der Waals surface area contributed by atoms with E-state index in [4.69, 9.17) is 0 Å². The van der Waals surface area contributed by atoms with Crippen LogP contribution in [-0.4, -0.2) is 109 Å². The molecular formula is C52H68N8O8S. The van der Waals surface area contributed by atoms with Crippen LogP contribution in [0.25, 0.3) is 0 Å². The number of carbonyl (C=O) groups excluding carboxylic acids is 8. The number of unbranched alkanes of at least 4 members (excludes halogenated alkanes) is 2. The van der Waals surface area contributed by atoms with Crippen molar-refractivity contribution >= 4 is 64.9 Å². The van der Waals surface area contributed by atoms with Crippen molar-refractivity contribution in [3.8, 4) is 0 Å². The molecule has 3 aromatic carbocycles. The Morgan fingerprint density at radius 2 is 1.36 bits per heavy atom. The number of benzene rings is 3. The van der Waals surface area contributed by atoms with E-state index in [0.29, 0.717) is 36.3 Å². The van der Waals surface area contributed by atoms with Crippen LogP contribution in [0.3, 0.4) is 0 Å². The number of nitrogens with one attached hydrogen (secondary N) is 6. The fraction of sp³-hybridized carbons (Fsp3) is 0.423. The van der Waals surface area contributed by atoms with Gasteiger partial charge in [0.2, 0.25) is 29.5 Å². The van der Waals surface area contributed by atoms with Gasteiger partial charge in [-0.05, 0) is 73.0 Å². The molecule has 3 atom stereocenters. The Morgan fingerprint density at radius 3 is 1.97 bits per heavy atom. The SMILES string of the molecule is CNC(C(=O)NC(C(=O)N(C)C/C=C(\C)C(=O)NSCc1ccc(NC(=O)CNC(=O)C(Cc2ccccc2)NC(=O)CCCCCN2C(=O)C=CC2=O)cc1)C(C)(C)C)C(C)(C)c1ccccc1. The quantitative estimate of drug-likeness (QED) is 0.0298. The van der Waals surface area contributed by atoms with E-state index in [0.717, 1.165) is 21.6 Å². The van der Waals surface area contributed by atoms with Crippen LogP contribution in [0.15, 0.2) is 109 Å². The van der Waals surface area contributed by atoms with Gasteiger partial charge in [-0.2, -0.15) is 0 Å². The van der Waals surface area contributed by atoms with Crippen LogP contribution in [0.4, 0.5) is 5.69 Å². The molecular weight excluding hydrogens is 897 g/mol. The standard InChI is InChI=1S/C52H68N8O8S/c1-35(29-31-59(8)50(68)46(51(2,3)4)57-49(67)45(53-7)52(5,6)38-20-14-10-15-21-38)47(65)58-69-34-37-23-25-39(26-24-37)55-42(62)33-54-48(66)40(32-36-18-12-9-13-19-36)56-41(61)22-16-11-17-30-60-43(63)27-28-44(60)64/h9-10,12-15,18-21,23-29,40,45-46,53H,11,16-17,22,30-34H2,1-8H3,(H,54,66)(H,55,62)(H,56,61)(H,57,67)(H,58,65)/b35-29+. The van der Waals surface area contributed by atoms with Crippen molar-refractivity contribution in [1.29, 1.82) is 0 Å². The number of imide groups is 1. The Morgan fingerprint density at radius 1 is 0.739 bits per heavy atom. The van der Waals surface area contributed by atoms with Gasteiger partial charge in [0.05, 0.1) is 12.6 Å². The summed E-state index contributed by atoms with van der Waals surface area (Å²) in [6.07, 6.45) is 6.16. The molecule has 0 saturated carbocycles. The molecule has 0 aromatic heterocycles. The number of likely N-dealkylation sites (N-methyl/N-ethyl adjacent to an activating group) is 2. The molecule has 0 fully saturated rings. The molecule has 16 nitrogen and oxygen atoms in total. The van der Waals surface area contributed by atoms with Crippen molar-refractivity contribution in [1.82, 2.24) is 35.8 Å². The molecule has 0 spiro atoms. The molecule has 0 radical (unpaired) electrons. The fourth-order valence-corrected chi connectivity index (χ4v) is 8.28. The number of rotatable bonds is 25. The van der Waals surface area contributed by atoms with Gasteiger partial charge in [-0.3, -0.25) is 48.0 Å². The molecule has 1 heterocycles. The van der Waals surface area contributed by atoms with Crippen LogP contribution in [0, 0.1) is 5.41 Å². The van der Waals surface area contributed by atoms with E-state index in [2.05, 4.69) is 31.3 Å². The summed E-state index contributed by atoms with van der Waals surface area (Å²) in [5, 5.41) is 14.3. The van der Waals surface area contributed by atoms with E-state index in [-0.39, 0.29) is 67.9 Å². The minimum atomic E-state index is -0.927. The third kappa shape index (κ3) is 17.2. The zero-order valence-corrected chi connectivity index (χ0v) is 41.8. The molecule has 0 bridgehead atoms. The highest BCUT2D eigenvalue weighted by atomic mass is 32.2. The van der Waals surface area contributed by atoms with E-state index in [1.807, 2.05) is 95.3 Å². The Bertz CT molecular complexity index is 2310. The molecule has 0 aliphatic carbocycles. The summed E-state index contributed by atoms with van der Waals surface area (Å²) in [5.41, 5.74) is 2.42. The van der Waals surface area contributed by atoms with E-state index >= 15 is 0 Å². The van der Waals surface area contributed by atoms with Gasteiger partial charge in [0, 0.05) is 67.6 Å². The first-order valence-electron chi connectivity index (χ1n) is 23.1. The second-order valence-electron chi connectivity index (χ2n) is 18.7. The summed E-state index contributed by atoms with van der Waals surface area (Å²) >= 11 is 1.19. The van der Waals surface area contributed by atoms with Gasteiger partial charge in [-0.1, -0.05) is 120 Å². The zero-order valence-electron chi connectivity index (χ0n) is 41.0. The van der Waals surface area contributed by atoms with Crippen LogP contribution in [0.1, 0.15) is 83.9 Å². The molecule has 3 aromatic rings. The predicted octanol–water partition coefficient (Wildman–Crippen LogP) is 4.72. The largest absolute Gasteiger partial charge is 0.345 e. The van der Waals surface area contributed by atoms with E-state index in [1.165, 1.54) is 29.0 Å². The van der Waals surface area contributed by atoms with Crippen molar-refractivity contribution in [2.24, 2.45) is 5.41 Å². The fourth-order valence-electron chi connectivity index (χ4n) is 7.56. The van der Waals surface area contributed by atoms with Gasteiger partial charge in [-0.25, -0.2) is 0 Å². The molecule has 0 saturated heterocycles. The number of hydrogen-bond acceptors (Lipinski definition) is 10. The lowest BCUT2D eigenvalue weighted by Crippen LogP contribution is -2.60. The maximum atomic E-state index is 13.8.